The Labute approximate surface area is 93.4 Å². The Bertz CT molecular complexity index is 230. The summed E-state index contributed by atoms with van der Waals surface area (Å²) in [6.07, 6.45) is 2.19. The summed E-state index contributed by atoms with van der Waals surface area (Å²) in [6, 6.07) is 0. The highest BCUT2D eigenvalue weighted by Crippen LogP contribution is 2.24. The van der Waals surface area contributed by atoms with Gasteiger partial charge in [-0.1, -0.05) is 0 Å². The van der Waals surface area contributed by atoms with Crippen LogP contribution in [0.5, 0.6) is 0 Å². The predicted molar refractivity (Wildman–Crippen MR) is 62.7 cm³/mol. The fourth-order valence-corrected chi connectivity index (χ4v) is 2.15. The minimum absolute atomic E-state index is 0.186. The minimum atomic E-state index is 0.186. The van der Waals surface area contributed by atoms with Crippen molar-refractivity contribution in [2.45, 2.75) is 39.2 Å². The van der Waals surface area contributed by atoms with Crippen molar-refractivity contribution >= 4 is 5.91 Å². The molecule has 1 heterocycles. The lowest BCUT2D eigenvalue weighted by Gasteiger charge is -2.41. The van der Waals surface area contributed by atoms with Crippen LogP contribution < -0.4 is 0 Å². The molecule has 15 heavy (non-hydrogen) atoms. The molecular formula is C12H24N2O. The second-order valence-corrected chi connectivity index (χ2v) is 5.69. The fourth-order valence-electron chi connectivity index (χ4n) is 2.15. The summed E-state index contributed by atoms with van der Waals surface area (Å²) in [7, 11) is 3.69. The SMILES string of the molecule is CN(C)C(=O)C1CCCN(C(C)(C)C)C1. The van der Waals surface area contributed by atoms with Crippen LogP contribution in [0, 0.1) is 5.92 Å². The van der Waals surface area contributed by atoms with Crippen molar-refractivity contribution in [2.75, 3.05) is 27.2 Å². The number of carbonyl (C=O) groups excluding carboxylic acids is 1. The Morgan fingerprint density at radius 1 is 1.33 bits per heavy atom. The number of rotatable bonds is 1. The first-order chi connectivity index (χ1) is 6.82. The van der Waals surface area contributed by atoms with Gasteiger partial charge in [0.2, 0.25) is 5.91 Å². The molecule has 1 atom stereocenters. The lowest BCUT2D eigenvalue weighted by atomic mass is 9.92. The van der Waals surface area contributed by atoms with E-state index in [9.17, 15) is 4.79 Å². The van der Waals surface area contributed by atoms with Gasteiger partial charge in [-0.2, -0.15) is 0 Å². The molecule has 1 aliphatic heterocycles. The molecule has 0 bridgehead atoms. The highest BCUT2D eigenvalue weighted by molar-refractivity contribution is 5.78. The van der Waals surface area contributed by atoms with Gasteiger partial charge in [-0.05, 0) is 40.2 Å². The molecule has 0 N–H and O–H groups in total. The van der Waals surface area contributed by atoms with Crippen LogP contribution in [0.3, 0.4) is 0 Å². The molecule has 1 unspecified atom stereocenters. The first-order valence-corrected chi connectivity index (χ1v) is 5.78. The average molecular weight is 212 g/mol. The average Bonchev–Trinajstić information content (AvgIpc) is 2.15. The summed E-state index contributed by atoms with van der Waals surface area (Å²) in [5, 5.41) is 0. The lowest BCUT2D eigenvalue weighted by Crippen LogP contribution is -2.50. The molecule has 88 valence electrons. The van der Waals surface area contributed by atoms with E-state index in [1.807, 2.05) is 14.1 Å². The first kappa shape index (κ1) is 12.5. The van der Waals surface area contributed by atoms with Gasteiger partial charge in [0.1, 0.15) is 0 Å². The van der Waals surface area contributed by atoms with E-state index in [0.717, 1.165) is 25.9 Å². The Balaban J connectivity index is 2.60. The molecule has 1 saturated heterocycles. The van der Waals surface area contributed by atoms with Gasteiger partial charge >= 0.3 is 0 Å². The summed E-state index contributed by atoms with van der Waals surface area (Å²) in [4.78, 5) is 16.0. The topological polar surface area (TPSA) is 23.6 Å². The highest BCUT2D eigenvalue weighted by atomic mass is 16.2. The highest BCUT2D eigenvalue weighted by Gasteiger charge is 2.31. The molecule has 0 aromatic heterocycles. The molecule has 3 nitrogen and oxygen atoms in total. The van der Waals surface area contributed by atoms with Gasteiger partial charge in [-0.25, -0.2) is 0 Å². The van der Waals surface area contributed by atoms with E-state index in [1.165, 1.54) is 0 Å². The summed E-state index contributed by atoms with van der Waals surface area (Å²) in [5.74, 6) is 0.483. The van der Waals surface area contributed by atoms with Crippen LogP contribution in [0.15, 0.2) is 0 Å². The van der Waals surface area contributed by atoms with E-state index in [-0.39, 0.29) is 17.4 Å². The zero-order chi connectivity index (χ0) is 11.6. The van der Waals surface area contributed by atoms with Gasteiger partial charge in [-0.3, -0.25) is 9.69 Å². The van der Waals surface area contributed by atoms with Crippen molar-refractivity contribution in [2.24, 2.45) is 5.92 Å². The van der Waals surface area contributed by atoms with Gasteiger partial charge in [0.05, 0.1) is 5.92 Å². The third kappa shape index (κ3) is 3.20. The number of nitrogens with zero attached hydrogens (tertiary/aromatic N) is 2. The molecule has 0 spiro atoms. The van der Waals surface area contributed by atoms with Crippen molar-refractivity contribution in [3.8, 4) is 0 Å². The normalized spacial score (nSPS) is 23.9. The molecule has 1 aliphatic rings. The quantitative estimate of drug-likeness (QED) is 0.659. The summed E-state index contributed by atoms with van der Waals surface area (Å²) < 4.78 is 0. The van der Waals surface area contributed by atoms with Crippen LogP contribution in [0.1, 0.15) is 33.6 Å². The maximum atomic E-state index is 11.9. The summed E-state index contributed by atoms with van der Waals surface area (Å²) in [5.41, 5.74) is 0.186. The van der Waals surface area contributed by atoms with Gasteiger partial charge < -0.3 is 4.90 Å². The molecule has 3 heteroatoms. The number of carbonyl (C=O) groups is 1. The van der Waals surface area contributed by atoms with Gasteiger partial charge in [0.25, 0.3) is 0 Å². The monoisotopic (exact) mass is 212 g/mol. The van der Waals surface area contributed by atoms with E-state index in [2.05, 4.69) is 25.7 Å². The van der Waals surface area contributed by atoms with Crippen LogP contribution in [-0.4, -0.2) is 48.4 Å². The van der Waals surface area contributed by atoms with E-state index in [4.69, 9.17) is 0 Å². The molecule has 1 amide bonds. The second-order valence-electron chi connectivity index (χ2n) is 5.69. The van der Waals surface area contributed by atoms with Crippen molar-refractivity contribution in [1.82, 2.24) is 9.80 Å². The number of hydrogen-bond donors (Lipinski definition) is 0. The molecule has 1 rings (SSSR count). The standard InChI is InChI=1S/C12H24N2O/c1-12(2,3)14-8-6-7-10(9-14)11(15)13(4)5/h10H,6-9H2,1-5H3. The number of likely N-dealkylation sites (tertiary alicyclic amines) is 1. The van der Waals surface area contributed by atoms with Gasteiger partial charge in [0, 0.05) is 26.2 Å². The van der Waals surface area contributed by atoms with Crippen LogP contribution in [0.4, 0.5) is 0 Å². The number of amides is 1. The van der Waals surface area contributed by atoms with Gasteiger partial charge in [-0.15, -0.1) is 0 Å². The summed E-state index contributed by atoms with van der Waals surface area (Å²) >= 11 is 0. The Morgan fingerprint density at radius 2 is 1.93 bits per heavy atom. The van der Waals surface area contributed by atoms with Crippen LogP contribution in [0.25, 0.3) is 0 Å². The maximum absolute atomic E-state index is 11.9. The zero-order valence-electron chi connectivity index (χ0n) is 10.7. The van der Waals surface area contributed by atoms with E-state index in [0.29, 0.717) is 0 Å². The third-order valence-electron chi connectivity index (χ3n) is 3.16. The molecule has 0 aromatic carbocycles. The molecule has 1 fully saturated rings. The zero-order valence-corrected chi connectivity index (χ0v) is 10.7. The Morgan fingerprint density at radius 3 is 2.40 bits per heavy atom. The van der Waals surface area contributed by atoms with Crippen molar-refractivity contribution in [3.63, 3.8) is 0 Å². The van der Waals surface area contributed by atoms with Crippen molar-refractivity contribution in [3.05, 3.63) is 0 Å². The first-order valence-electron chi connectivity index (χ1n) is 5.78. The predicted octanol–water partition coefficient (Wildman–Crippen LogP) is 1.59. The van der Waals surface area contributed by atoms with E-state index < -0.39 is 0 Å². The molecule has 0 aliphatic carbocycles. The molecule has 0 aromatic rings. The second kappa shape index (κ2) is 4.52. The molecule has 0 radical (unpaired) electrons. The minimum Gasteiger partial charge on any atom is -0.349 e. The largest absolute Gasteiger partial charge is 0.349 e. The van der Waals surface area contributed by atoms with E-state index >= 15 is 0 Å². The third-order valence-corrected chi connectivity index (χ3v) is 3.16. The fraction of sp³-hybridized carbons (Fsp3) is 0.917. The molecular weight excluding hydrogens is 188 g/mol. The number of hydrogen-bond acceptors (Lipinski definition) is 2. The number of piperidine rings is 1. The summed E-state index contributed by atoms with van der Waals surface area (Å²) in [6.45, 7) is 8.70. The van der Waals surface area contributed by atoms with Crippen molar-refractivity contribution < 1.29 is 4.79 Å². The molecule has 0 saturated carbocycles. The van der Waals surface area contributed by atoms with E-state index in [1.54, 1.807) is 4.90 Å². The van der Waals surface area contributed by atoms with Crippen LogP contribution in [0.2, 0.25) is 0 Å². The van der Waals surface area contributed by atoms with Crippen LogP contribution in [-0.2, 0) is 4.79 Å². The smallest absolute Gasteiger partial charge is 0.226 e. The van der Waals surface area contributed by atoms with Gasteiger partial charge in [0.15, 0.2) is 0 Å². The van der Waals surface area contributed by atoms with Crippen LogP contribution >= 0.6 is 0 Å². The van der Waals surface area contributed by atoms with Crippen molar-refractivity contribution in [1.29, 1.82) is 0 Å². The lowest BCUT2D eigenvalue weighted by molar-refractivity contribution is -0.135. The Hall–Kier alpha value is -0.570. The maximum Gasteiger partial charge on any atom is 0.226 e. The Kier molecular flexibility index (Phi) is 3.77.